The Kier molecular flexibility index (Phi) is 10.0. The molecule has 0 heterocycles. The zero-order valence-electron chi connectivity index (χ0n) is 13.6. The minimum Gasteiger partial charge on any atom is -0.310 e. The van der Waals surface area contributed by atoms with Gasteiger partial charge in [0.15, 0.2) is 0 Å². The molecule has 0 amide bonds. The van der Waals surface area contributed by atoms with E-state index in [9.17, 15) is 43.5 Å². The van der Waals surface area contributed by atoms with Gasteiger partial charge in [-0.1, -0.05) is 25.5 Å². The van der Waals surface area contributed by atoms with Crippen molar-refractivity contribution in [2.24, 2.45) is 0 Å². The lowest BCUT2D eigenvalue weighted by Gasteiger charge is -2.35. The van der Waals surface area contributed by atoms with Gasteiger partial charge < -0.3 is 5.32 Å². The zero-order chi connectivity index (χ0) is 21.4. The highest BCUT2D eigenvalue weighted by atomic mass is 32.2. The molecule has 0 aliphatic carbocycles. The molecule has 0 aromatic rings. The van der Waals surface area contributed by atoms with Crippen LogP contribution < -0.4 is 5.32 Å². The van der Waals surface area contributed by atoms with Crippen molar-refractivity contribution < 1.29 is 48.1 Å². The standard InChI is InChI=1S/C7H8F8O3S.C6H11N/c1-2-3-4(8,9)5(10,11)6(12,13)7(14,15)19(16,17)18;1-3-5-7-6-4-2/h2-3H2,1H3,(H,16,17,18);3-4,7H,1-2,5-6H2. The maximum atomic E-state index is 12.8. The Morgan fingerprint density at radius 1 is 0.923 bits per heavy atom. The molecule has 0 rings (SSSR count). The second kappa shape index (κ2) is 9.65. The molecule has 0 atom stereocenters. The normalized spacial score (nSPS) is 13.6. The molecule has 13 heteroatoms. The third-order valence-corrected chi connectivity index (χ3v) is 3.59. The fourth-order valence-electron chi connectivity index (χ4n) is 1.33. The predicted molar refractivity (Wildman–Crippen MR) is 79.5 cm³/mol. The highest BCUT2D eigenvalue weighted by molar-refractivity contribution is 7.87. The van der Waals surface area contributed by atoms with Crippen LogP contribution in [0.3, 0.4) is 0 Å². The van der Waals surface area contributed by atoms with Gasteiger partial charge in [-0.2, -0.15) is 43.5 Å². The average Bonchev–Trinajstić information content (AvgIpc) is 2.46. The van der Waals surface area contributed by atoms with E-state index in [-0.39, 0.29) is 0 Å². The van der Waals surface area contributed by atoms with Gasteiger partial charge in [0.2, 0.25) is 0 Å². The number of nitrogens with one attached hydrogen (secondary N) is 1. The van der Waals surface area contributed by atoms with E-state index in [1.807, 2.05) is 12.2 Å². The average molecular weight is 421 g/mol. The molecule has 0 bridgehead atoms. The quantitative estimate of drug-likeness (QED) is 0.241. The molecular weight excluding hydrogens is 402 g/mol. The third-order valence-electron chi connectivity index (χ3n) is 2.68. The van der Waals surface area contributed by atoms with Gasteiger partial charge in [0.1, 0.15) is 0 Å². The van der Waals surface area contributed by atoms with Gasteiger partial charge in [-0.15, -0.1) is 13.2 Å². The summed E-state index contributed by atoms with van der Waals surface area (Å²) in [7, 11) is -7.02. The molecule has 0 aromatic carbocycles. The monoisotopic (exact) mass is 421 g/mol. The van der Waals surface area contributed by atoms with Crippen LogP contribution in [0.25, 0.3) is 0 Å². The molecule has 0 aliphatic heterocycles. The van der Waals surface area contributed by atoms with E-state index in [4.69, 9.17) is 4.55 Å². The fraction of sp³-hybridized carbons (Fsp3) is 0.692. The maximum absolute atomic E-state index is 12.8. The highest BCUT2D eigenvalue weighted by Gasteiger charge is 2.83. The molecule has 4 nitrogen and oxygen atoms in total. The van der Waals surface area contributed by atoms with Gasteiger partial charge >= 0.3 is 33.1 Å². The molecule has 0 radical (unpaired) electrons. The van der Waals surface area contributed by atoms with Crippen molar-refractivity contribution in [3.8, 4) is 0 Å². The Bertz CT molecular complexity index is 556. The first-order chi connectivity index (χ1) is 11.5. The first kappa shape index (κ1) is 27.0. The molecule has 2 N–H and O–H groups in total. The lowest BCUT2D eigenvalue weighted by molar-refractivity contribution is -0.349. The molecule has 0 aromatic heterocycles. The summed E-state index contributed by atoms with van der Waals surface area (Å²) >= 11 is 0. The zero-order valence-corrected chi connectivity index (χ0v) is 14.4. The first-order valence-corrected chi connectivity index (χ1v) is 8.32. The van der Waals surface area contributed by atoms with E-state index in [0.29, 0.717) is 0 Å². The minimum atomic E-state index is -7.02. The second-order valence-corrected chi connectivity index (χ2v) is 6.29. The van der Waals surface area contributed by atoms with Crippen LogP contribution in [0.4, 0.5) is 35.1 Å². The van der Waals surface area contributed by atoms with E-state index in [2.05, 4.69) is 18.5 Å². The van der Waals surface area contributed by atoms with Crippen LogP contribution in [0.2, 0.25) is 0 Å². The van der Waals surface area contributed by atoms with Crippen LogP contribution in [0.5, 0.6) is 0 Å². The van der Waals surface area contributed by atoms with E-state index >= 15 is 0 Å². The number of rotatable bonds is 10. The second-order valence-electron chi connectivity index (χ2n) is 4.83. The van der Waals surface area contributed by atoms with Crippen LogP contribution in [0.1, 0.15) is 19.8 Å². The van der Waals surface area contributed by atoms with E-state index in [1.54, 1.807) is 0 Å². The van der Waals surface area contributed by atoms with Crippen molar-refractivity contribution in [3.05, 3.63) is 25.3 Å². The largest absolute Gasteiger partial charge is 0.438 e. The molecule has 0 unspecified atom stereocenters. The lowest BCUT2D eigenvalue weighted by atomic mass is 10.0. The third kappa shape index (κ3) is 5.91. The van der Waals surface area contributed by atoms with Crippen molar-refractivity contribution in [1.82, 2.24) is 5.32 Å². The summed E-state index contributed by atoms with van der Waals surface area (Å²) in [5.74, 6) is -19.2. The smallest absolute Gasteiger partial charge is 0.310 e. The number of alkyl halides is 8. The fourth-order valence-corrected chi connectivity index (χ4v) is 1.79. The number of hydrogen-bond donors (Lipinski definition) is 2. The van der Waals surface area contributed by atoms with Crippen LogP contribution in [-0.4, -0.2) is 49.1 Å². The Morgan fingerprint density at radius 2 is 1.31 bits per heavy atom. The number of hydrogen-bond acceptors (Lipinski definition) is 3. The van der Waals surface area contributed by atoms with Crippen molar-refractivity contribution in [2.75, 3.05) is 13.1 Å². The summed E-state index contributed by atoms with van der Waals surface area (Å²) in [5, 5.41) is -3.71. The molecule has 0 fully saturated rings. The van der Waals surface area contributed by atoms with Crippen molar-refractivity contribution in [1.29, 1.82) is 0 Å². The number of halogens is 8. The molecule has 0 saturated carbocycles. The summed E-state index contributed by atoms with van der Waals surface area (Å²) in [5.41, 5.74) is 0. The topological polar surface area (TPSA) is 66.4 Å². The summed E-state index contributed by atoms with van der Waals surface area (Å²) in [6.45, 7) is 9.70. The highest BCUT2D eigenvalue weighted by Crippen LogP contribution is 2.55. The Hall–Kier alpha value is -1.21. The van der Waals surface area contributed by atoms with Gasteiger partial charge in [0.05, 0.1) is 0 Å². The Morgan fingerprint density at radius 3 is 1.58 bits per heavy atom. The summed E-state index contributed by atoms with van der Waals surface area (Å²) in [6, 6.07) is 0. The molecule has 0 saturated heterocycles. The van der Waals surface area contributed by atoms with Crippen molar-refractivity contribution >= 4 is 10.1 Å². The van der Waals surface area contributed by atoms with Gasteiger partial charge in [0.25, 0.3) is 0 Å². The van der Waals surface area contributed by atoms with E-state index in [0.717, 1.165) is 20.0 Å². The predicted octanol–water partition coefficient (Wildman–Crippen LogP) is 4.12. The van der Waals surface area contributed by atoms with Crippen LogP contribution in [-0.2, 0) is 10.1 Å². The summed E-state index contributed by atoms with van der Waals surface area (Å²) in [4.78, 5) is 0. The van der Waals surface area contributed by atoms with Crippen LogP contribution in [0, 0.1) is 0 Å². The van der Waals surface area contributed by atoms with E-state index < -0.39 is 46.0 Å². The van der Waals surface area contributed by atoms with Crippen molar-refractivity contribution in [3.63, 3.8) is 0 Å². The Balaban J connectivity index is 0. The van der Waals surface area contributed by atoms with Gasteiger partial charge in [-0.3, -0.25) is 4.55 Å². The van der Waals surface area contributed by atoms with E-state index in [1.165, 1.54) is 0 Å². The lowest BCUT2D eigenvalue weighted by Crippen LogP contribution is -2.64. The first-order valence-electron chi connectivity index (χ1n) is 6.88. The molecule has 0 aliphatic rings. The molecule has 156 valence electrons. The van der Waals surface area contributed by atoms with Gasteiger partial charge in [-0.05, 0) is 0 Å². The Labute approximate surface area is 145 Å². The van der Waals surface area contributed by atoms with Crippen LogP contribution in [0.15, 0.2) is 25.3 Å². The SMILES string of the molecule is C=CCNCC=C.CCCC(F)(F)C(F)(F)C(F)(F)C(F)(F)S(=O)(=O)O. The van der Waals surface area contributed by atoms with Gasteiger partial charge in [0, 0.05) is 19.5 Å². The molecular formula is C13H19F8NO3S. The van der Waals surface area contributed by atoms with Crippen LogP contribution >= 0.6 is 0 Å². The van der Waals surface area contributed by atoms with Crippen molar-refractivity contribution in [2.45, 2.75) is 42.8 Å². The molecule has 0 spiro atoms. The summed E-state index contributed by atoms with van der Waals surface area (Å²) < 4.78 is 130. The minimum absolute atomic E-state index is 0.754. The summed E-state index contributed by atoms with van der Waals surface area (Å²) in [6.07, 6.45) is 1.01. The molecule has 26 heavy (non-hydrogen) atoms. The maximum Gasteiger partial charge on any atom is 0.438 e. The van der Waals surface area contributed by atoms with Gasteiger partial charge in [-0.25, -0.2) is 0 Å².